The maximum absolute atomic E-state index is 12.7. The Morgan fingerprint density at radius 2 is 1.53 bits per heavy atom. The lowest BCUT2D eigenvalue weighted by molar-refractivity contribution is 0.0938. The lowest BCUT2D eigenvalue weighted by atomic mass is 10.1. The molecule has 0 spiro atoms. The molecular formula is C26H27ClN4O3. The molecule has 2 amide bonds. The Bertz CT molecular complexity index is 1200. The van der Waals surface area contributed by atoms with Crippen LogP contribution < -0.4 is 10.6 Å². The first-order valence-corrected chi connectivity index (χ1v) is 11.5. The van der Waals surface area contributed by atoms with Gasteiger partial charge in [0.1, 0.15) is 11.5 Å². The molecule has 4 rings (SSSR count). The van der Waals surface area contributed by atoms with Gasteiger partial charge in [-0.05, 0) is 35.2 Å². The molecule has 1 aliphatic rings. The molecule has 1 unspecified atom stereocenters. The fraction of sp³-hybridized carbons (Fsp3) is 0.269. The number of H-pyrrole nitrogens is 1. The Hall–Kier alpha value is -3.42. The Morgan fingerprint density at radius 3 is 2.09 bits per heavy atom. The van der Waals surface area contributed by atoms with Gasteiger partial charge in [-0.2, -0.15) is 0 Å². The van der Waals surface area contributed by atoms with Crippen LogP contribution in [0.25, 0.3) is 0 Å². The van der Waals surface area contributed by atoms with Gasteiger partial charge in [0.2, 0.25) is 0 Å². The van der Waals surface area contributed by atoms with E-state index in [0.717, 1.165) is 27.4 Å². The highest BCUT2D eigenvalue weighted by molar-refractivity contribution is 6.33. The fourth-order valence-electron chi connectivity index (χ4n) is 3.59. The number of imidazole rings is 1. The van der Waals surface area contributed by atoms with E-state index in [2.05, 4.69) is 20.6 Å². The summed E-state index contributed by atoms with van der Waals surface area (Å²) in [5, 5.41) is 6.57. The molecule has 3 N–H and O–H groups in total. The normalized spacial score (nSPS) is 14.4. The number of hydrogen-bond donors (Lipinski definition) is 3. The van der Waals surface area contributed by atoms with E-state index in [4.69, 9.17) is 16.3 Å². The van der Waals surface area contributed by atoms with Gasteiger partial charge >= 0.3 is 0 Å². The summed E-state index contributed by atoms with van der Waals surface area (Å²) in [6.45, 7) is 3.31. The van der Waals surface area contributed by atoms with E-state index in [-0.39, 0.29) is 17.7 Å². The maximum atomic E-state index is 12.7. The minimum absolute atomic E-state index is 0.00206. The van der Waals surface area contributed by atoms with Crippen molar-refractivity contribution in [2.24, 2.45) is 0 Å². The van der Waals surface area contributed by atoms with Gasteiger partial charge in [-0.25, -0.2) is 4.98 Å². The summed E-state index contributed by atoms with van der Waals surface area (Å²) in [4.78, 5) is 32.8. The van der Waals surface area contributed by atoms with Crippen molar-refractivity contribution < 1.29 is 14.3 Å². The molecule has 34 heavy (non-hydrogen) atoms. The summed E-state index contributed by atoms with van der Waals surface area (Å²) in [6.07, 6.45) is 2.55. The van der Waals surface area contributed by atoms with Crippen LogP contribution in [-0.2, 0) is 30.9 Å². The van der Waals surface area contributed by atoms with Crippen LogP contribution in [0.15, 0.2) is 59.6 Å². The number of allylic oxidation sites excluding steroid dienone is 2. The largest absolute Gasteiger partial charge is 0.380 e. The van der Waals surface area contributed by atoms with Crippen LogP contribution in [0.5, 0.6) is 0 Å². The maximum Gasteiger partial charge on any atom is 0.272 e. The van der Waals surface area contributed by atoms with Crippen LogP contribution in [-0.4, -0.2) is 28.9 Å². The third kappa shape index (κ3) is 5.73. The van der Waals surface area contributed by atoms with Crippen molar-refractivity contribution in [2.45, 2.75) is 39.0 Å². The Kier molecular flexibility index (Phi) is 7.45. The van der Waals surface area contributed by atoms with E-state index in [1.807, 2.05) is 49.4 Å². The van der Waals surface area contributed by atoms with Crippen LogP contribution >= 0.6 is 11.6 Å². The predicted octanol–water partition coefficient (Wildman–Crippen LogP) is 4.20. The summed E-state index contributed by atoms with van der Waals surface area (Å²) >= 11 is 5.98. The Labute approximate surface area is 203 Å². The lowest BCUT2D eigenvalue weighted by Crippen LogP contribution is -2.25. The van der Waals surface area contributed by atoms with Gasteiger partial charge in [0, 0.05) is 36.5 Å². The van der Waals surface area contributed by atoms with Crippen molar-refractivity contribution in [3.8, 4) is 0 Å². The minimum Gasteiger partial charge on any atom is -0.380 e. The van der Waals surface area contributed by atoms with Crippen molar-refractivity contribution >= 4 is 23.4 Å². The number of amides is 2. The summed E-state index contributed by atoms with van der Waals surface area (Å²) in [5.74, 6) is 0.311. The van der Waals surface area contributed by atoms with Crippen molar-refractivity contribution in [3.63, 3.8) is 0 Å². The number of carbonyl (C=O) groups excluding carboxylic acids is 2. The topological polar surface area (TPSA) is 96.1 Å². The molecule has 1 atom stereocenters. The number of hydrogen-bond acceptors (Lipinski definition) is 4. The minimum atomic E-state index is -0.241. The number of nitrogens with one attached hydrogen (secondary N) is 3. The number of benzene rings is 2. The van der Waals surface area contributed by atoms with Gasteiger partial charge in [0.25, 0.3) is 11.8 Å². The van der Waals surface area contributed by atoms with E-state index < -0.39 is 0 Å². The second-order valence-corrected chi connectivity index (χ2v) is 8.58. The van der Waals surface area contributed by atoms with Gasteiger partial charge in [0.15, 0.2) is 0 Å². The number of aryl methyl sites for hydroxylation is 1. The van der Waals surface area contributed by atoms with Gasteiger partial charge in [-0.15, -0.1) is 0 Å². The van der Waals surface area contributed by atoms with Crippen molar-refractivity contribution in [1.82, 2.24) is 20.6 Å². The standard InChI is InChI=1S/C26H27ClN4O3/c1-3-22-23(31-24(30-22)20-12-21(20)27)26(33)29-14-17-8-10-19(11-9-17)25(32)28-13-16-4-6-18(7-5-16)15-34-2/h4-12,20H,3,13-15H2,1-2H3,(H,28,32)(H,29,33)(H,30,31). The number of carbonyl (C=O) groups is 2. The van der Waals surface area contributed by atoms with Crippen molar-refractivity contribution in [3.05, 3.63) is 99.1 Å². The van der Waals surface area contributed by atoms with E-state index in [1.165, 1.54) is 0 Å². The Balaban J connectivity index is 1.28. The van der Waals surface area contributed by atoms with Gasteiger partial charge in [0.05, 0.1) is 12.5 Å². The second-order valence-electron chi connectivity index (χ2n) is 8.14. The number of halogens is 1. The van der Waals surface area contributed by atoms with Gasteiger partial charge in [-0.1, -0.05) is 61.0 Å². The molecule has 1 heterocycles. The quantitative estimate of drug-likeness (QED) is 0.407. The van der Waals surface area contributed by atoms with Crippen LogP contribution in [0.2, 0.25) is 0 Å². The average Bonchev–Trinajstić information content (AvgIpc) is 3.43. The van der Waals surface area contributed by atoms with E-state index in [1.54, 1.807) is 19.2 Å². The third-order valence-corrected chi connectivity index (χ3v) is 5.99. The molecule has 176 valence electrons. The smallest absolute Gasteiger partial charge is 0.272 e. The zero-order valence-electron chi connectivity index (χ0n) is 19.2. The molecule has 8 heteroatoms. The first kappa shape index (κ1) is 23.7. The van der Waals surface area contributed by atoms with Gasteiger partial charge < -0.3 is 20.4 Å². The number of methoxy groups -OCH3 is 1. The molecule has 0 saturated heterocycles. The highest BCUT2D eigenvalue weighted by atomic mass is 35.5. The van der Waals surface area contributed by atoms with Crippen LogP contribution in [0, 0.1) is 0 Å². The molecule has 7 nitrogen and oxygen atoms in total. The lowest BCUT2D eigenvalue weighted by Gasteiger charge is -2.08. The number of rotatable bonds is 10. The Morgan fingerprint density at radius 1 is 0.971 bits per heavy atom. The predicted molar refractivity (Wildman–Crippen MR) is 131 cm³/mol. The average molecular weight is 479 g/mol. The van der Waals surface area contributed by atoms with Crippen LogP contribution in [0.1, 0.15) is 61.9 Å². The van der Waals surface area contributed by atoms with Crippen LogP contribution in [0.4, 0.5) is 0 Å². The summed E-state index contributed by atoms with van der Waals surface area (Å²) in [7, 11) is 1.66. The summed E-state index contributed by atoms with van der Waals surface area (Å²) in [5.41, 5.74) is 4.74. The molecule has 1 aliphatic carbocycles. The number of ether oxygens (including phenoxy) is 1. The molecule has 0 aliphatic heterocycles. The zero-order chi connectivity index (χ0) is 24.1. The summed E-state index contributed by atoms with van der Waals surface area (Å²) in [6, 6.07) is 15.1. The molecule has 2 aromatic carbocycles. The first-order valence-electron chi connectivity index (χ1n) is 11.2. The number of nitrogens with zero attached hydrogens (tertiary/aromatic N) is 1. The summed E-state index contributed by atoms with van der Waals surface area (Å²) < 4.78 is 5.11. The fourth-order valence-corrected chi connectivity index (χ4v) is 3.82. The number of aromatic nitrogens is 2. The van der Waals surface area contributed by atoms with Crippen LogP contribution in [0.3, 0.4) is 0 Å². The molecule has 0 radical (unpaired) electrons. The number of aromatic amines is 1. The molecule has 1 aromatic heterocycles. The molecule has 3 aromatic rings. The highest BCUT2D eigenvalue weighted by Crippen LogP contribution is 2.40. The molecular weight excluding hydrogens is 452 g/mol. The van der Waals surface area contributed by atoms with E-state index >= 15 is 0 Å². The molecule has 0 saturated carbocycles. The SMILES string of the molecule is CCc1[nH]c(C2C=C2Cl)nc1C(=O)NCc1ccc(C(=O)NCc2ccc(COC)cc2)cc1. The monoisotopic (exact) mass is 478 g/mol. The second kappa shape index (κ2) is 10.7. The van der Waals surface area contributed by atoms with Gasteiger partial charge in [-0.3, -0.25) is 9.59 Å². The van der Waals surface area contributed by atoms with Crippen molar-refractivity contribution in [2.75, 3.05) is 7.11 Å². The van der Waals surface area contributed by atoms with E-state index in [0.29, 0.717) is 43.2 Å². The first-order chi connectivity index (χ1) is 16.5. The van der Waals surface area contributed by atoms with Crippen molar-refractivity contribution in [1.29, 1.82) is 0 Å². The zero-order valence-corrected chi connectivity index (χ0v) is 19.9. The molecule has 0 bridgehead atoms. The third-order valence-electron chi connectivity index (χ3n) is 5.63. The highest BCUT2D eigenvalue weighted by Gasteiger charge is 2.29. The molecule has 0 fully saturated rings. The van der Waals surface area contributed by atoms with E-state index in [9.17, 15) is 9.59 Å².